The van der Waals surface area contributed by atoms with Crippen LogP contribution in [-0.2, 0) is 14.3 Å². The fourth-order valence-corrected chi connectivity index (χ4v) is 2.79. The van der Waals surface area contributed by atoms with Crippen molar-refractivity contribution in [3.63, 3.8) is 0 Å². The van der Waals surface area contributed by atoms with E-state index in [0.29, 0.717) is 38.5 Å². The summed E-state index contributed by atoms with van der Waals surface area (Å²) in [5, 5.41) is 0. The lowest BCUT2D eigenvalue weighted by Crippen LogP contribution is -2.60. The summed E-state index contributed by atoms with van der Waals surface area (Å²) in [5.74, 6) is 0.571. The molecular formula is C13H24N2O3. The molecular weight excluding hydrogens is 232 g/mol. The number of methoxy groups -OCH3 is 1. The molecule has 2 saturated heterocycles. The van der Waals surface area contributed by atoms with Gasteiger partial charge in [0.2, 0.25) is 5.91 Å². The standard InChI is InChI=1S/C13H24N2O3/c1-10-3-6-15(9-11(10)17-2)12(16)13(14)4-7-18-8-5-13/h10-11H,3-9,14H2,1-2H3. The lowest BCUT2D eigenvalue weighted by Gasteiger charge is -2.41. The number of piperidine rings is 1. The minimum Gasteiger partial charge on any atom is -0.381 e. The van der Waals surface area contributed by atoms with Crippen LogP contribution in [-0.4, -0.2) is 55.9 Å². The molecule has 2 atom stereocenters. The van der Waals surface area contributed by atoms with Gasteiger partial charge in [0.1, 0.15) is 0 Å². The van der Waals surface area contributed by atoms with Crippen LogP contribution < -0.4 is 5.73 Å². The number of nitrogens with zero attached hydrogens (tertiary/aromatic N) is 1. The van der Waals surface area contributed by atoms with Crippen molar-refractivity contribution in [1.29, 1.82) is 0 Å². The number of rotatable bonds is 2. The molecule has 2 rings (SSSR count). The summed E-state index contributed by atoms with van der Waals surface area (Å²) in [4.78, 5) is 14.4. The van der Waals surface area contributed by atoms with E-state index in [9.17, 15) is 4.79 Å². The van der Waals surface area contributed by atoms with Gasteiger partial charge in [0.25, 0.3) is 0 Å². The van der Waals surface area contributed by atoms with E-state index in [1.165, 1.54) is 0 Å². The molecule has 0 aromatic heterocycles. The van der Waals surface area contributed by atoms with Crippen molar-refractivity contribution >= 4 is 5.91 Å². The molecule has 5 nitrogen and oxygen atoms in total. The van der Waals surface area contributed by atoms with Crippen molar-refractivity contribution < 1.29 is 14.3 Å². The van der Waals surface area contributed by atoms with Gasteiger partial charge in [-0.15, -0.1) is 0 Å². The zero-order valence-electron chi connectivity index (χ0n) is 11.4. The smallest absolute Gasteiger partial charge is 0.242 e. The van der Waals surface area contributed by atoms with E-state index in [4.69, 9.17) is 15.2 Å². The van der Waals surface area contributed by atoms with Crippen LogP contribution in [0.2, 0.25) is 0 Å². The van der Waals surface area contributed by atoms with Crippen LogP contribution in [0.25, 0.3) is 0 Å². The van der Waals surface area contributed by atoms with Gasteiger partial charge in [0, 0.05) is 33.4 Å². The van der Waals surface area contributed by atoms with Gasteiger partial charge in [-0.1, -0.05) is 6.92 Å². The van der Waals surface area contributed by atoms with E-state index < -0.39 is 5.54 Å². The Balaban J connectivity index is 2.00. The summed E-state index contributed by atoms with van der Waals surface area (Å²) < 4.78 is 10.7. The molecule has 2 unspecified atom stereocenters. The summed E-state index contributed by atoms with van der Waals surface area (Å²) in [6, 6.07) is 0. The lowest BCUT2D eigenvalue weighted by molar-refractivity contribution is -0.145. The molecule has 1 amide bonds. The zero-order chi connectivity index (χ0) is 13.2. The van der Waals surface area contributed by atoms with E-state index in [-0.39, 0.29) is 12.0 Å². The van der Waals surface area contributed by atoms with Crippen molar-refractivity contribution in [2.24, 2.45) is 11.7 Å². The van der Waals surface area contributed by atoms with Gasteiger partial charge >= 0.3 is 0 Å². The van der Waals surface area contributed by atoms with Crippen LogP contribution in [0.1, 0.15) is 26.2 Å². The minimum absolute atomic E-state index is 0.0692. The van der Waals surface area contributed by atoms with Crippen LogP contribution in [0.4, 0.5) is 0 Å². The Morgan fingerprint density at radius 1 is 1.44 bits per heavy atom. The van der Waals surface area contributed by atoms with Gasteiger partial charge in [-0.25, -0.2) is 0 Å². The average Bonchev–Trinajstić information content (AvgIpc) is 2.39. The summed E-state index contributed by atoms with van der Waals surface area (Å²) in [6.07, 6.45) is 2.35. The summed E-state index contributed by atoms with van der Waals surface area (Å²) >= 11 is 0. The topological polar surface area (TPSA) is 64.8 Å². The quantitative estimate of drug-likeness (QED) is 0.775. The molecule has 0 bridgehead atoms. The Kier molecular flexibility index (Phi) is 4.25. The number of nitrogens with two attached hydrogens (primary N) is 1. The van der Waals surface area contributed by atoms with Gasteiger partial charge in [0.15, 0.2) is 0 Å². The number of hydrogen-bond donors (Lipinski definition) is 1. The normalized spacial score (nSPS) is 32.3. The van der Waals surface area contributed by atoms with Gasteiger partial charge in [-0.2, -0.15) is 0 Å². The molecule has 2 heterocycles. The van der Waals surface area contributed by atoms with E-state index in [1.807, 2.05) is 4.90 Å². The second-order valence-corrected chi connectivity index (χ2v) is 5.56. The Morgan fingerprint density at radius 3 is 2.72 bits per heavy atom. The van der Waals surface area contributed by atoms with Crippen molar-refractivity contribution in [2.45, 2.75) is 37.8 Å². The first-order valence-electron chi connectivity index (χ1n) is 6.75. The first-order valence-corrected chi connectivity index (χ1v) is 6.75. The summed E-state index contributed by atoms with van der Waals surface area (Å²) in [6.45, 7) is 4.79. The summed E-state index contributed by atoms with van der Waals surface area (Å²) in [5.41, 5.74) is 5.52. The van der Waals surface area contributed by atoms with Gasteiger partial charge in [0.05, 0.1) is 11.6 Å². The highest BCUT2D eigenvalue weighted by Crippen LogP contribution is 2.25. The molecule has 2 aliphatic heterocycles. The van der Waals surface area contributed by atoms with Gasteiger partial charge < -0.3 is 20.1 Å². The predicted octanol–water partition coefficient (Wildman–Crippen LogP) is 0.378. The highest BCUT2D eigenvalue weighted by molar-refractivity contribution is 5.86. The molecule has 0 radical (unpaired) electrons. The molecule has 0 aromatic carbocycles. The fraction of sp³-hybridized carbons (Fsp3) is 0.923. The second-order valence-electron chi connectivity index (χ2n) is 5.56. The molecule has 2 fully saturated rings. The predicted molar refractivity (Wildman–Crippen MR) is 68.1 cm³/mol. The molecule has 18 heavy (non-hydrogen) atoms. The Labute approximate surface area is 109 Å². The van der Waals surface area contributed by atoms with Crippen LogP contribution in [0.15, 0.2) is 0 Å². The Hall–Kier alpha value is -0.650. The number of carbonyl (C=O) groups is 1. The van der Waals surface area contributed by atoms with E-state index >= 15 is 0 Å². The third kappa shape index (κ3) is 2.68. The number of carbonyl (C=O) groups excluding carboxylic acids is 1. The Bertz CT molecular complexity index is 303. The number of amides is 1. The highest BCUT2D eigenvalue weighted by atomic mass is 16.5. The molecule has 0 spiro atoms. The molecule has 0 aromatic rings. The van der Waals surface area contributed by atoms with Crippen LogP contribution >= 0.6 is 0 Å². The largest absolute Gasteiger partial charge is 0.381 e. The maximum absolute atomic E-state index is 12.5. The van der Waals surface area contributed by atoms with E-state index in [0.717, 1.165) is 13.0 Å². The van der Waals surface area contributed by atoms with Gasteiger partial charge in [-0.05, 0) is 25.2 Å². The number of likely N-dealkylation sites (tertiary alicyclic amines) is 1. The second kappa shape index (κ2) is 5.55. The zero-order valence-corrected chi connectivity index (χ0v) is 11.4. The SMILES string of the molecule is COC1CN(C(=O)C2(N)CCOCC2)CCC1C. The third-order valence-electron chi connectivity index (χ3n) is 4.29. The van der Waals surface area contributed by atoms with Crippen molar-refractivity contribution in [1.82, 2.24) is 4.90 Å². The first kappa shape index (κ1) is 13.8. The van der Waals surface area contributed by atoms with Crippen molar-refractivity contribution in [2.75, 3.05) is 33.4 Å². The third-order valence-corrected chi connectivity index (χ3v) is 4.29. The van der Waals surface area contributed by atoms with Crippen LogP contribution in [0, 0.1) is 5.92 Å². The molecule has 2 aliphatic rings. The minimum atomic E-state index is -0.725. The molecule has 104 valence electrons. The van der Waals surface area contributed by atoms with Crippen molar-refractivity contribution in [3.8, 4) is 0 Å². The monoisotopic (exact) mass is 256 g/mol. The maximum atomic E-state index is 12.5. The maximum Gasteiger partial charge on any atom is 0.242 e. The Morgan fingerprint density at radius 2 is 2.11 bits per heavy atom. The molecule has 0 saturated carbocycles. The first-order chi connectivity index (χ1) is 8.57. The average molecular weight is 256 g/mol. The highest BCUT2D eigenvalue weighted by Gasteiger charge is 2.41. The number of ether oxygens (including phenoxy) is 2. The lowest BCUT2D eigenvalue weighted by atomic mass is 9.87. The molecule has 2 N–H and O–H groups in total. The molecule has 0 aliphatic carbocycles. The van der Waals surface area contributed by atoms with Gasteiger partial charge in [-0.3, -0.25) is 4.79 Å². The molecule has 5 heteroatoms. The van der Waals surface area contributed by atoms with Crippen molar-refractivity contribution in [3.05, 3.63) is 0 Å². The van der Waals surface area contributed by atoms with E-state index in [1.54, 1.807) is 7.11 Å². The summed E-state index contributed by atoms with van der Waals surface area (Å²) in [7, 11) is 1.71. The van der Waals surface area contributed by atoms with Crippen LogP contribution in [0.5, 0.6) is 0 Å². The van der Waals surface area contributed by atoms with E-state index in [2.05, 4.69) is 6.92 Å². The van der Waals surface area contributed by atoms with Crippen LogP contribution in [0.3, 0.4) is 0 Å². The fourth-order valence-electron chi connectivity index (χ4n) is 2.79. The number of hydrogen-bond acceptors (Lipinski definition) is 4.